The predicted octanol–water partition coefficient (Wildman–Crippen LogP) is 4.88. The Bertz CT molecular complexity index is 1570. The van der Waals surface area contributed by atoms with Crippen LogP contribution in [0.1, 0.15) is 22.3 Å². The van der Waals surface area contributed by atoms with Crippen molar-refractivity contribution in [1.29, 1.82) is 0 Å². The summed E-state index contributed by atoms with van der Waals surface area (Å²) in [6.07, 6.45) is 0.272. The number of anilines is 1. The van der Waals surface area contributed by atoms with E-state index in [9.17, 15) is 18.0 Å². The lowest BCUT2D eigenvalue weighted by Gasteiger charge is -2.33. The number of nitrogens with zero attached hydrogens (tertiary/aromatic N) is 2. The summed E-state index contributed by atoms with van der Waals surface area (Å²) in [6, 6.07) is 31.4. The van der Waals surface area contributed by atoms with Gasteiger partial charge in [0.25, 0.3) is 10.0 Å². The second-order valence-corrected chi connectivity index (χ2v) is 11.9. The van der Waals surface area contributed by atoms with Gasteiger partial charge in [0.2, 0.25) is 11.8 Å². The van der Waals surface area contributed by atoms with Crippen molar-refractivity contribution < 1.29 is 18.0 Å². The molecule has 4 rings (SSSR count). The molecule has 1 N–H and O–H groups in total. The van der Waals surface area contributed by atoms with E-state index >= 15 is 0 Å². The molecule has 0 heterocycles. The Morgan fingerprint density at radius 1 is 0.756 bits per heavy atom. The lowest BCUT2D eigenvalue weighted by Crippen LogP contribution is -2.53. The molecule has 0 bridgehead atoms. The van der Waals surface area contributed by atoms with Crippen molar-refractivity contribution in [3.8, 4) is 0 Å². The number of aryl methyl sites for hydroxylation is 2. The summed E-state index contributed by atoms with van der Waals surface area (Å²) in [4.78, 5) is 29.1. The van der Waals surface area contributed by atoms with Gasteiger partial charge in [-0.2, -0.15) is 0 Å². The molecule has 0 aromatic heterocycles. The van der Waals surface area contributed by atoms with Gasteiger partial charge in [-0.05, 0) is 54.8 Å². The minimum Gasteiger partial charge on any atom is -0.357 e. The van der Waals surface area contributed by atoms with Crippen LogP contribution in [-0.2, 0) is 32.6 Å². The Morgan fingerprint density at radius 2 is 1.39 bits per heavy atom. The zero-order valence-corrected chi connectivity index (χ0v) is 24.3. The summed E-state index contributed by atoms with van der Waals surface area (Å²) in [5, 5.41) is 2.70. The van der Waals surface area contributed by atoms with E-state index in [-0.39, 0.29) is 23.8 Å². The number of rotatable bonds is 11. The van der Waals surface area contributed by atoms with Gasteiger partial charge in [-0.15, -0.1) is 0 Å². The molecular weight excluding hydrogens is 534 g/mol. The Morgan fingerprint density at radius 3 is 2.00 bits per heavy atom. The average molecular weight is 570 g/mol. The van der Waals surface area contributed by atoms with Crippen LogP contribution in [0.4, 0.5) is 5.69 Å². The van der Waals surface area contributed by atoms with Gasteiger partial charge in [0, 0.05) is 20.0 Å². The number of hydrogen-bond acceptors (Lipinski definition) is 4. The van der Waals surface area contributed by atoms with E-state index in [1.807, 2.05) is 74.5 Å². The van der Waals surface area contributed by atoms with Gasteiger partial charge in [-0.3, -0.25) is 13.9 Å². The molecule has 0 aliphatic heterocycles. The molecule has 0 aliphatic rings. The molecule has 4 aromatic rings. The molecule has 1 atom stereocenters. The average Bonchev–Trinajstić information content (AvgIpc) is 2.99. The third kappa shape index (κ3) is 7.41. The highest BCUT2D eigenvalue weighted by atomic mass is 32.2. The van der Waals surface area contributed by atoms with Crippen LogP contribution >= 0.6 is 0 Å². The van der Waals surface area contributed by atoms with Gasteiger partial charge in [0.1, 0.15) is 12.6 Å². The van der Waals surface area contributed by atoms with Crippen molar-refractivity contribution in [2.24, 2.45) is 0 Å². The molecule has 4 aromatic carbocycles. The minimum atomic E-state index is -4.10. The maximum atomic E-state index is 14.3. The largest absolute Gasteiger partial charge is 0.357 e. The second-order valence-electron chi connectivity index (χ2n) is 9.99. The normalized spacial score (nSPS) is 11.9. The number of carbonyl (C=O) groups excluding carboxylic acids is 2. The van der Waals surface area contributed by atoms with Crippen LogP contribution in [0.15, 0.2) is 114 Å². The highest BCUT2D eigenvalue weighted by Crippen LogP contribution is 2.26. The van der Waals surface area contributed by atoms with Gasteiger partial charge in [-0.25, -0.2) is 8.42 Å². The van der Waals surface area contributed by atoms with Gasteiger partial charge >= 0.3 is 0 Å². The van der Waals surface area contributed by atoms with E-state index < -0.39 is 28.5 Å². The summed E-state index contributed by atoms with van der Waals surface area (Å²) in [5.74, 6) is -0.821. The topological polar surface area (TPSA) is 86.8 Å². The molecule has 212 valence electrons. The Kier molecular flexibility index (Phi) is 9.57. The third-order valence-electron chi connectivity index (χ3n) is 6.89. The lowest BCUT2D eigenvalue weighted by molar-refractivity contribution is -0.139. The van der Waals surface area contributed by atoms with Crippen molar-refractivity contribution in [2.45, 2.75) is 37.8 Å². The van der Waals surface area contributed by atoms with Crippen molar-refractivity contribution in [3.05, 3.63) is 131 Å². The number of sulfonamides is 1. The Hall–Kier alpha value is -4.43. The molecule has 0 unspecified atom stereocenters. The van der Waals surface area contributed by atoms with E-state index in [0.29, 0.717) is 5.69 Å². The van der Waals surface area contributed by atoms with Crippen LogP contribution in [0, 0.1) is 13.8 Å². The van der Waals surface area contributed by atoms with E-state index in [1.165, 1.54) is 24.1 Å². The third-order valence-corrected chi connectivity index (χ3v) is 8.68. The van der Waals surface area contributed by atoms with E-state index in [0.717, 1.165) is 26.6 Å². The molecule has 0 fully saturated rings. The zero-order chi connectivity index (χ0) is 29.4. The number of amides is 2. The first-order valence-corrected chi connectivity index (χ1v) is 14.9. The van der Waals surface area contributed by atoms with Crippen molar-refractivity contribution in [3.63, 3.8) is 0 Å². The molecule has 7 nitrogen and oxygen atoms in total. The van der Waals surface area contributed by atoms with Crippen LogP contribution in [0.25, 0.3) is 0 Å². The van der Waals surface area contributed by atoms with E-state index in [2.05, 4.69) is 5.32 Å². The minimum absolute atomic E-state index is 0.0755. The Labute approximate surface area is 242 Å². The second kappa shape index (κ2) is 13.3. The molecule has 0 radical (unpaired) electrons. The molecule has 0 saturated carbocycles. The zero-order valence-electron chi connectivity index (χ0n) is 23.5. The quantitative estimate of drug-likeness (QED) is 0.279. The molecule has 0 aliphatic carbocycles. The highest BCUT2D eigenvalue weighted by Gasteiger charge is 2.34. The standard InChI is InChI=1S/C33H35N3O4S/c1-25-17-19-28(20-18-25)23-35(31(33(38)34-3)22-27-12-6-4-7-13-27)32(37)24-36(29-14-10-11-26(2)21-29)41(39,40)30-15-8-5-9-16-30/h4-21,31H,22-24H2,1-3H3,(H,34,38)/t31-/m0/s1. The van der Waals surface area contributed by atoms with Crippen LogP contribution in [0.2, 0.25) is 0 Å². The summed E-state index contributed by atoms with van der Waals surface area (Å²) in [6.45, 7) is 3.50. The highest BCUT2D eigenvalue weighted by molar-refractivity contribution is 7.92. The van der Waals surface area contributed by atoms with Gasteiger partial charge in [-0.1, -0.05) is 90.5 Å². The SMILES string of the molecule is CNC(=O)[C@H](Cc1ccccc1)N(Cc1ccc(C)cc1)C(=O)CN(c1cccc(C)c1)S(=O)(=O)c1ccccc1. The monoisotopic (exact) mass is 569 g/mol. The molecule has 0 spiro atoms. The number of hydrogen-bond donors (Lipinski definition) is 1. The van der Waals surface area contributed by atoms with Crippen molar-refractivity contribution >= 4 is 27.5 Å². The molecular formula is C33H35N3O4S. The van der Waals surface area contributed by atoms with Gasteiger partial charge in [0.15, 0.2) is 0 Å². The number of likely N-dealkylation sites (N-methyl/N-ethyl adjacent to an activating group) is 1. The van der Waals surface area contributed by atoms with Crippen LogP contribution < -0.4 is 9.62 Å². The smallest absolute Gasteiger partial charge is 0.264 e. The first-order valence-electron chi connectivity index (χ1n) is 13.4. The van der Waals surface area contributed by atoms with Crippen LogP contribution in [-0.4, -0.2) is 44.8 Å². The van der Waals surface area contributed by atoms with Crippen LogP contribution in [0.5, 0.6) is 0 Å². The molecule has 8 heteroatoms. The van der Waals surface area contributed by atoms with E-state index in [4.69, 9.17) is 0 Å². The van der Waals surface area contributed by atoms with Gasteiger partial charge < -0.3 is 10.2 Å². The van der Waals surface area contributed by atoms with Crippen LogP contribution in [0.3, 0.4) is 0 Å². The summed E-state index contributed by atoms with van der Waals surface area (Å²) in [7, 11) is -2.57. The summed E-state index contributed by atoms with van der Waals surface area (Å²) >= 11 is 0. The Balaban J connectivity index is 1.78. The van der Waals surface area contributed by atoms with Crippen molar-refractivity contribution in [2.75, 3.05) is 17.9 Å². The fraction of sp³-hybridized carbons (Fsp3) is 0.212. The summed E-state index contributed by atoms with van der Waals surface area (Å²) in [5.41, 5.74) is 4.01. The first kappa shape index (κ1) is 29.6. The lowest BCUT2D eigenvalue weighted by atomic mass is 10.0. The molecule has 0 saturated heterocycles. The number of carbonyl (C=O) groups is 2. The maximum Gasteiger partial charge on any atom is 0.264 e. The van der Waals surface area contributed by atoms with Gasteiger partial charge in [0.05, 0.1) is 10.6 Å². The van der Waals surface area contributed by atoms with E-state index in [1.54, 1.807) is 36.4 Å². The molecule has 41 heavy (non-hydrogen) atoms. The molecule has 2 amide bonds. The summed E-state index contributed by atoms with van der Waals surface area (Å²) < 4.78 is 29.0. The predicted molar refractivity (Wildman–Crippen MR) is 162 cm³/mol. The van der Waals surface area contributed by atoms with Crippen molar-refractivity contribution in [1.82, 2.24) is 10.2 Å². The first-order chi connectivity index (χ1) is 19.7. The fourth-order valence-corrected chi connectivity index (χ4v) is 6.07. The maximum absolute atomic E-state index is 14.3. The number of nitrogens with one attached hydrogen (secondary N) is 1. The fourth-order valence-electron chi connectivity index (χ4n) is 4.64. The number of benzene rings is 4.